The summed E-state index contributed by atoms with van der Waals surface area (Å²) in [6, 6.07) is 19.8. The molecule has 4 saturated carbocycles. The maximum Gasteiger partial charge on any atom is 0.251 e. The van der Waals surface area contributed by atoms with E-state index in [4.69, 9.17) is 9.57 Å². The van der Waals surface area contributed by atoms with Crippen molar-refractivity contribution in [1.82, 2.24) is 15.7 Å². The summed E-state index contributed by atoms with van der Waals surface area (Å²) in [6.07, 6.45) is 4.80. The van der Waals surface area contributed by atoms with Gasteiger partial charge >= 0.3 is 0 Å². The molecule has 3 aromatic rings. The Balaban J connectivity index is 1.17. The van der Waals surface area contributed by atoms with Crippen molar-refractivity contribution in [2.75, 3.05) is 32.7 Å². The van der Waals surface area contributed by atoms with Gasteiger partial charge < -0.3 is 35.6 Å². The van der Waals surface area contributed by atoms with Crippen LogP contribution in [0.5, 0.6) is 5.75 Å². The second kappa shape index (κ2) is 17.9. The van der Waals surface area contributed by atoms with Crippen LogP contribution in [0.1, 0.15) is 100 Å². The zero-order chi connectivity index (χ0) is 42.2. The van der Waals surface area contributed by atoms with Gasteiger partial charge in [0.05, 0.1) is 38.5 Å². The fourth-order valence-corrected chi connectivity index (χ4v) is 11.0. The maximum atomic E-state index is 14.3. The van der Waals surface area contributed by atoms with Crippen molar-refractivity contribution < 1.29 is 34.5 Å². The summed E-state index contributed by atoms with van der Waals surface area (Å²) in [7, 11) is 5.47. The molecule has 5 aliphatic rings. The molecule has 1 heterocycles. The van der Waals surface area contributed by atoms with Gasteiger partial charge in [-0.05, 0) is 84.6 Å². The third-order valence-electron chi connectivity index (χ3n) is 14.6. The number of nitrogens with one attached hydrogen (secondary N) is 2. The Bertz CT molecular complexity index is 1930. The van der Waals surface area contributed by atoms with Crippen molar-refractivity contribution >= 4 is 17.5 Å². The summed E-state index contributed by atoms with van der Waals surface area (Å²) < 4.78 is 6.13. The van der Waals surface area contributed by atoms with Gasteiger partial charge in [0.1, 0.15) is 17.9 Å². The average Bonchev–Trinajstić information content (AvgIpc) is 3.88. The largest absolute Gasteiger partial charge is 0.496 e. The highest BCUT2D eigenvalue weighted by Gasteiger charge is 2.57. The highest BCUT2D eigenvalue weighted by molar-refractivity contribution is 5.97. The van der Waals surface area contributed by atoms with E-state index >= 15 is 0 Å². The summed E-state index contributed by atoms with van der Waals surface area (Å²) in [5.74, 6) is 1.29. The van der Waals surface area contributed by atoms with Gasteiger partial charge in [0, 0.05) is 48.4 Å². The second-order valence-electron chi connectivity index (χ2n) is 18.7. The lowest BCUT2D eigenvalue weighted by atomic mass is 9.45. The molecule has 2 bridgehead atoms. The first-order valence-corrected chi connectivity index (χ1v) is 21.8. The van der Waals surface area contributed by atoms with Crippen LogP contribution < -0.4 is 20.3 Å². The molecule has 11 heteroatoms. The number of aliphatic hydroxyl groups is 3. The van der Waals surface area contributed by atoms with Crippen LogP contribution in [-0.2, 0) is 16.2 Å². The van der Waals surface area contributed by atoms with Crippen LogP contribution in [0.25, 0.3) is 11.1 Å². The van der Waals surface area contributed by atoms with Gasteiger partial charge in [-0.25, -0.2) is 0 Å². The zero-order valence-corrected chi connectivity index (χ0v) is 35.9. The first kappa shape index (κ1) is 43.1. The predicted octanol–water partition coefficient (Wildman–Crippen LogP) is 6.50. The quantitative estimate of drug-likeness (QED) is 0.116. The van der Waals surface area contributed by atoms with Gasteiger partial charge in [-0.15, -0.1) is 0 Å². The summed E-state index contributed by atoms with van der Waals surface area (Å²) in [6.45, 7) is 8.35. The summed E-state index contributed by atoms with van der Waals surface area (Å²) in [5.41, 5.74) is 4.57. The Kier molecular flexibility index (Phi) is 13.1. The number of para-hydroxylation sites is 1. The van der Waals surface area contributed by atoms with Gasteiger partial charge in [-0.2, -0.15) is 5.06 Å². The number of methoxy groups -OCH3 is 1. The number of anilines is 1. The standard InChI is InChI=1S/C48H66N4O7/c1-28-38-24-35(48(38,3)4)25-39(28)49-47(57)43-42(29(2)54)41(27-53)59-52(43)26-32-18-13-19-37(45(32)58-7)33-21-34(23-36(22-33)51(5)6)46(56)50-40(20-30-14-11-12-15-30)44(55)31-16-9-8-10-17-31/h8-10,13,16-19,21-23,28-30,35,38-44,53-55H,11-12,14-15,20,24-27H2,1-7H3,(H,49,57)(H,50,56)/t28-,29-,35-,38+,39-,40+,41-,42+,43-,44+/m0/s1. The van der Waals surface area contributed by atoms with E-state index in [-0.39, 0.29) is 36.4 Å². The van der Waals surface area contributed by atoms with Crippen molar-refractivity contribution in [3.63, 3.8) is 0 Å². The number of aliphatic hydroxyl groups excluding tert-OH is 3. The van der Waals surface area contributed by atoms with Crippen molar-refractivity contribution in [3.8, 4) is 16.9 Å². The number of carbonyl (C=O) groups is 2. The van der Waals surface area contributed by atoms with Crippen LogP contribution >= 0.6 is 0 Å². The van der Waals surface area contributed by atoms with Crippen molar-refractivity contribution in [2.24, 2.45) is 35.0 Å². The van der Waals surface area contributed by atoms with Crippen LogP contribution in [0.2, 0.25) is 0 Å². The molecule has 1 saturated heterocycles. The Labute approximate surface area is 350 Å². The van der Waals surface area contributed by atoms with E-state index in [1.165, 1.54) is 19.3 Å². The van der Waals surface area contributed by atoms with Gasteiger partial charge in [0.2, 0.25) is 5.91 Å². The smallest absolute Gasteiger partial charge is 0.251 e. The van der Waals surface area contributed by atoms with Crippen molar-refractivity contribution in [3.05, 3.63) is 83.4 Å². The van der Waals surface area contributed by atoms with Crippen LogP contribution in [0.3, 0.4) is 0 Å². The minimum Gasteiger partial charge on any atom is -0.496 e. The second-order valence-corrected chi connectivity index (χ2v) is 18.7. The molecule has 4 aliphatic carbocycles. The third kappa shape index (κ3) is 8.77. The molecule has 59 heavy (non-hydrogen) atoms. The lowest BCUT2D eigenvalue weighted by Crippen LogP contribution is -2.62. The first-order chi connectivity index (χ1) is 28.2. The Hall–Kier alpha value is -4.00. The number of carbonyl (C=O) groups excluding carboxylic acids is 2. The predicted molar refractivity (Wildman–Crippen MR) is 230 cm³/mol. The Morgan fingerprint density at radius 1 is 1.02 bits per heavy atom. The molecule has 8 rings (SSSR count). The highest BCUT2D eigenvalue weighted by atomic mass is 16.7. The molecule has 5 fully saturated rings. The third-order valence-corrected chi connectivity index (χ3v) is 14.6. The normalized spacial score (nSPS) is 28.0. The topological polar surface area (TPSA) is 144 Å². The van der Waals surface area contributed by atoms with Gasteiger partial charge in [-0.3, -0.25) is 14.4 Å². The number of benzene rings is 3. The molecule has 1 aliphatic heterocycles. The van der Waals surface area contributed by atoms with E-state index in [0.29, 0.717) is 41.4 Å². The number of hydrogen-bond acceptors (Lipinski definition) is 9. The van der Waals surface area contributed by atoms with E-state index < -0.39 is 36.3 Å². The number of hydroxylamine groups is 2. The number of fused-ring (bicyclic) bond motifs is 2. The zero-order valence-electron chi connectivity index (χ0n) is 35.9. The molecular weight excluding hydrogens is 745 g/mol. The van der Waals surface area contributed by atoms with Crippen LogP contribution in [0.4, 0.5) is 5.69 Å². The molecule has 320 valence electrons. The van der Waals surface area contributed by atoms with Crippen LogP contribution in [0.15, 0.2) is 66.7 Å². The minimum atomic E-state index is -0.915. The molecule has 0 unspecified atom stereocenters. The molecule has 0 spiro atoms. The van der Waals surface area contributed by atoms with Crippen LogP contribution in [0, 0.1) is 35.0 Å². The SMILES string of the molecule is COc1c(CN2O[C@@H](CO)[C@@H]([C@H](C)O)[C@H]2C(=O)N[C@H]2C[C@@H]3C[C@H]([C@@H]2C)C3(C)C)cccc1-c1cc(C(=O)N[C@H](CC2CCCC2)[C@H](O)c2ccccc2)cc(N(C)C)c1. The van der Waals surface area contributed by atoms with Gasteiger partial charge in [0.15, 0.2) is 0 Å². The monoisotopic (exact) mass is 810 g/mol. The number of nitrogens with zero attached hydrogens (tertiary/aromatic N) is 2. The maximum absolute atomic E-state index is 14.3. The Morgan fingerprint density at radius 2 is 1.75 bits per heavy atom. The highest BCUT2D eigenvalue weighted by Crippen LogP contribution is 2.61. The summed E-state index contributed by atoms with van der Waals surface area (Å²) in [5, 5.41) is 41.2. The lowest BCUT2D eigenvalue weighted by molar-refractivity contribution is -0.183. The fraction of sp³-hybridized carbons (Fsp3) is 0.583. The molecular formula is C48H66N4O7. The fourth-order valence-electron chi connectivity index (χ4n) is 11.0. The van der Waals surface area contributed by atoms with Crippen molar-refractivity contribution in [2.45, 2.75) is 116 Å². The lowest BCUT2D eigenvalue weighted by Gasteiger charge is -2.62. The van der Waals surface area contributed by atoms with E-state index in [1.807, 2.05) is 85.7 Å². The summed E-state index contributed by atoms with van der Waals surface area (Å²) >= 11 is 0. The first-order valence-electron chi connectivity index (χ1n) is 21.8. The minimum absolute atomic E-state index is 0.0248. The molecule has 10 atom stereocenters. The molecule has 2 amide bonds. The Morgan fingerprint density at radius 3 is 2.37 bits per heavy atom. The van der Waals surface area contributed by atoms with E-state index in [0.717, 1.165) is 47.2 Å². The molecule has 0 radical (unpaired) electrons. The average molecular weight is 811 g/mol. The van der Waals surface area contributed by atoms with Crippen LogP contribution in [-0.4, -0.2) is 90.3 Å². The molecule has 5 N–H and O–H groups in total. The number of amides is 2. The molecule has 11 nitrogen and oxygen atoms in total. The van der Waals surface area contributed by atoms with E-state index in [2.05, 4.69) is 31.4 Å². The number of rotatable bonds is 15. The number of hydrogen-bond donors (Lipinski definition) is 5. The molecule has 3 aromatic carbocycles. The van der Waals surface area contributed by atoms with Gasteiger partial charge in [0.25, 0.3) is 5.91 Å². The van der Waals surface area contributed by atoms with Crippen molar-refractivity contribution in [1.29, 1.82) is 0 Å². The van der Waals surface area contributed by atoms with Gasteiger partial charge in [-0.1, -0.05) is 95.0 Å². The molecule has 0 aromatic heterocycles. The number of ether oxygens (including phenoxy) is 1. The van der Waals surface area contributed by atoms with E-state index in [1.54, 1.807) is 19.1 Å². The summed E-state index contributed by atoms with van der Waals surface area (Å²) in [4.78, 5) is 36.9. The van der Waals surface area contributed by atoms with E-state index in [9.17, 15) is 24.9 Å².